The molecule has 3 nitrogen and oxygen atoms in total. The second-order valence-corrected chi connectivity index (χ2v) is 4.89. The van der Waals surface area contributed by atoms with Gasteiger partial charge in [0.2, 0.25) is 0 Å². The molecule has 2 aromatic carbocycles. The van der Waals surface area contributed by atoms with Gasteiger partial charge in [-0.2, -0.15) is 5.10 Å². The van der Waals surface area contributed by atoms with Gasteiger partial charge in [0.05, 0.1) is 6.54 Å². The van der Waals surface area contributed by atoms with Crippen molar-refractivity contribution in [2.45, 2.75) is 13.5 Å². The molecule has 3 heteroatoms. The number of benzene rings is 2. The molecular formula is C17H17N3. The van der Waals surface area contributed by atoms with Crippen molar-refractivity contribution in [2.75, 3.05) is 5.73 Å². The smallest absolute Gasteiger partial charge is 0.145 e. The van der Waals surface area contributed by atoms with Crippen LogP contribution in [0.1, 0.15) is 11.3 Å². The number of anilines is 1. The van der Waals surface area contributed by atoms with Gasteiger partial charge in [-0.15, -0.1) is 0 Å². The van der Waals surface area contributed by atoms with Gasteiger partial charge in [-0.25, -0.2) is 0 Å². The predicted octanol–water partition coefficient (Wildman–Crippen LogP) is 3.49. The van der Waals surface area contributed by atoms with Crippen LogP contribution in [0, 0.1) is 6.92 Å². The van der Waals surface area contributed by atoms with Crippen LogP contribution in [0.4, 0.5) is 5.82 Å². The molecule has 20 heavy (non-hydrogen) atoms. The Kier molecular flexibility index (Phi) is 3.25. The molecule has 0 unspecified atom stereocenters. The molecule has 1 heterocycles. The van der Waals surface area contributed by atoms with Crippen LogP contribution in [0.2, 0.25) is 0 Å². The molecule has 0 amide bonds. The van der Waals surface area contributed by atoms with Crippen molar-refractivity contribution in [1.29, 1.82) is 0 Å². The van der Waals surface area contributed by atoms with Gasteiger partial charge in [0, 0.05) is 11.8 Å². The van der Waals surface area contributed by atoms with Gasteiger partial charge < -0.3 is 5.73 Å². The lowest BCUT2D eigenvalue weighted by molar-refractivity contribution is 0.669. The van der Waals surface area contributed by atoms with Gasteiger partial charge in [0.25, 0.3) is 0 Å². The Bertz CT molecular complexity index is 714. The summed E-state index contributed by atoms with van der Waals surface area (Å²) in [5.74, 6) is 0.569. The van der Waals surface area contributed by atoms with E-state index in [0.717, 1.165) is 12.2 Å². The van der Waals surface area contributed by atoms with Crippen LogP contribution >= 0.6 is 0 Å². The molecule has 1 aromatic heterocycles. The minimum Gasteiger partial charge on any atom is -0.382 e. The molecule has 100 valence electrons. The summed E-state index contributed by atoms with van der Waals surface area (Å²) in [5, 5.41) is 4.33. The van der Waals surface area contributed by atoms with Gasteiger partial charge in [0.15, 0.2) is 0 Å². The largest absolute Gasteiger partial charge is 0.382 e. The molecule has 0 radical (unpaired) electrons. The maximum atomic E-state index is 5.75. The molecule has 0 atom stereocenters. The monoisotopic (exact) mass is 263 g/mol. The lowest BCUT2D eigenvalue weighted by Crippen LogP contribution is -2.05. The summed E-state index contributed by atoms with van der Waals surface area (Å²) in [6.07, 6.45) is 0. The number of aromatic nitrogens is 2. The number of nitrogen functional groups attached to an aromatic ring is 1. The van der Waals surface area contributed by atoms with E-state index in [1.807, 2.05) is 23.7 Å². The van der Waals surface area contributed by atoms with Crippen LogP contribution in [0.15, 0.2) is 60.7 Å². The molecule has 3 aromatic rings. The van der Waals surface area contributed by atoms with Crippen LogP contribution in [0.25, 0.3) is 11.1 Å². The summed E-state index contributed by atoms with van der Waals surface area (Å²) in [6.45, 7) is 2.75. The third-order valence-electron chi connectivity index (χ3n) is 3.42. The topological polar surface area (TPSA) is 43.8 Å². The fraction of sp³-hybridized carbons (Fsp3) is 0.118. The molecule has 0 aliphatic rings. The number of rotatable bonds is 3. The first-order valence-corrected chi connectivity index (χ1v) is 6.67. The third-order valence-corrected chi connectivity index (χ3v) is 3.42. The molecular weight excluding hydrogens is 246 g/mol. The van der Waals surface area contributed by atoms with Crippen molar-refractivity contribution >= 4 is 5.82 Å². The first-order valence-electron chi connectivity index (χ1n) is 6.67. The quantitative estimate of drug-likeness (QED) is 0.786. The van der Waals surface area contributed by atoms with Crippen LogP contribution in [0.5, 0.6) is 0 Å². The van der Waals surface area contributed by atoms with E-state index in [1.165, 1.54) is 16.7 Å². The van der Waals surface area contributed by atoms with E-state index in [9.17, 15) is 0 Å². The lowest BCUT2D eigenvalue weighted by atomic mass is 10.00. The van der Waals surface area contributed by atoms with E-state index in [-0.39, 0.29) is 0 Å². The van der Waals surface area contributed by atoms with E-state index in [2.05, 4.69) is 53.6 Å². The standard InChI is InChI=1S/C17H17N3/c1-13-11-17(18)19-20(13)12-15-9-5-6-10-16(15)14-7-3-2-4-8-14/h2-11H,12H2,1H3,(H2,18,19). The molecule has 0 aliphatic heterocycles. The Labute approximate surface area is 118 Å². The number of nitrogens with zero attached hydrogens (tertiary/aromatic N) is 2. The van der Waals surface area contributed by atoms with Crippen molar-refractivity contribution in [3.8, 4) is 11.1 Å². The van der Waals surface area contributed by atoms with Gasteiger partial charge in [-0.05, 0) is 23.6 Å². The average Bonchev–Trinajstić information content (AvgIpc) is 2.78. The molecule has 3 rings (SSSR count). The zero-order valence-corrected chi connectivity index (χ0v) is 11.5. The first-order chi connectivity index (χ1) is 9.74. The summed E-state index contributed by atoms with van der Waals surface area (Å²) < 4.78 is 1.94. The van der Waals surface area contributed by atoms with E-state index in [4.69, 9.17) is 5.73 Å². The van der Waals surface area contributed by atoms with Gasteiger partial charge in [-0.3, -0.25) is 4.68 Å². The Balaban J connectivity index is 2.01. The highest BCUT2D eigenvalue weighted by atomic mass is 15.3. The minimum atomic E-state index is 0.569. The minimum absolute atomic E-state index is 0.569. The fourth-order valence-electron chi connectivity index (χ4n) is 2.41. The lowest BCUT2D eigenvalue weighted by Gasteiger charge is -2.11. The second-order valence-electron chi connectivity index (χ2n) is 4.89. The van der Waals surface area contributed by atoms with Crippen molar-refractivity contribution in [1.82, 2.24) is 9.78 Å². The Morgan fingerprint density at radius 1 is 1.00 bits per heavy atom. The molecule has 2 N–H and O–H groups in total. The normalized spacial score (nSPS) is 10.7. The van der Waals surface area contributed by atoms with E-state index in [0.29, 0.717) is 5.82 Å². The number of nitrogens with two attached hydrogens (primary N) is 1. The van der Waals surface area contributed by atoms with Crippen LogP contribution in [-0.4, -0.2) is 9.78 Å². The van der Waals surface area contributed by atoms with E-state index in [1.54, 1.807) is 0 Å². The average molecular weight is 263 g/mol. The van der Waals surface area contributed by atoms with Crippen molar-refractivity contribution in [2.24, 2.45) is 0 Å². The molecule has 0 saturated heterocycles. The molecule has 0 bridgehead atoms. The highest BCUT2D eigenvalue weighted by Gasteiger charge is 2.07. The summed E-state index contributed by atoms with van der Waals surface area (Å²) in [5.41, 5.74) is 10.5. The Morgan fingerprint density at radius 2 is 1.70 bits per heavy atom. The fourth-order valence-corrected chi connectivity index (χ4v) is 2.41. The maximum Gasteiger partial charge on any atom is 0.145 e. The number of aryl methyl sites for hydroxylation is 1. The third kappa shape index (κ3) is 2.43. The zero-order chi connectivity index (χ0) is 13.9. The molecule has 0 fully saturated rings. The zero-order valence-electron chi connectivity index (χ0n) is 11.5. The Morgan fingerprint density at radius 3 is 2.40 bits per heavy atom. The van der Waals surface area contributed by atoms with Crippen molar-refractivity contribution < 1.29 is 0 Å². The number of hydrogen-bond acceptors (Lipinski definition) is 2. The SMILES string of the molecule is Cc1cc(N)nn1Cc1ccccc1-c1ccccc1. The summed E-state index contributed by atoms with van der Waals surface area (Å²) in [4.78, 5) is 0. The van der Waals surface area contributed by atoms with Gasteiger partial charge >= 0.3 is 0 Å². The Hall–Kier alpha value is -2.55. The molecule has 0 spiro atoms. The van der Waals surface area contributed by atoms with Crippen molar-refractivity contribution in [3.05, 3.63) is 71.9 Å². The molecule has 0 aliphatic carbocycles. The van der Waals surface area contributed by atoms with E-state index >= 15 is 0 Å². The number of hydrogen-bond donors (Lipinski definition) is 1. The maximum absolute atomic E-state index is 5.75. The summed E-state index contributed by atoms with van der Waals surface area (Å²) in [7, 11) is 0. The summed E-state index contributed by atoms with van der Waals surface area (Å²) >= 11 is 0. The second kappa shape index (κ2) is 5.21. The predicted molar refractivity (Wildman–Crippen MR) is 82.4 cm³/mol. The highest BCUT2D eigenvalue weighted by Crippen LogP contribution is 2.24. The van der Waals surface area contributed by atoms with E-state index < -0.39 is 0 Å². The van der Waals surface area contributed by atoms with Crippen LogP contribution < -0.4 is 5.73 Å². The van der Waals surface area contributed by atoms with Gasteiger partial charge in [0.1, 0.15) is 5.82 Å². The highest BCUT2D eigenvalue weighted by molar-refractivity contribution is 5.67. The van der Waals surface area contributed by atoms with Crippen LogP contribution in [0.3, 0.4) is 0 Å². The van der Waals surface area contributed by atoms with Gasteiger partial charge in [-0.1, -0.05) is 54.6 Å². The van der Waals surface area contributed by atoms with Crippen LogP contribution in [-0.2, 0) is 6.54 Å². The van der Waals surface area contributed by atoms with Crippen molar-refractivity contribution in [3.63, 3.8) is 0 Å². The molecule has 0 saturated carbocycles. The first kappa shape index (κ1) is 12.5. The summed E-state index contributed by atoms with van der Waals surface area (Å²) in [6, 6.07) is 20.7.